The number of rotatable bonds is 2. The Bertz CT molecular complexity index is 619. The molecule has 1 fully saturated rings. The van der Waals surface area contributed by atoms with Gasteiger partial charge < -0.3 is 9.84 Å². The molecule has 1 N–H and O–H groups in total. The summed E-state index contributed by atoms with van der Waals surface area (Å²) in [5, 5.41) is 11.1. The average molecular weight is 302 g/mol. The van der Waals surface area contributed by atoms with Crippen molar-refractivity contribution in [3.05, 3.63) is 28.8 Å². The number of carbonyl (C=O) groups is 1. The number of fused-ring (bicyclic) bond motifs is 3. The van der Waals surface area contributed by atoms with Crippen LogP contribution in [-0.2, 0) is 16.6 Å². The van der Waals surface area contributed by atoms with Gasteiger partial charge in [0.05, 0.1) is 7.11 Å². The van der Waals surface area contributed by atoms with Crippen LogP contribution in [0.5, 0.6) is 5.75 Å². The molecule has 2 atom stereocenters. The smallest absolute Gasteiger partial charge is 0.165 e. The molecule has 2 aliphatic carbocycles. The van der Waals surface area contributed by atoms with E-state index in [0.717, 1.165) is 24.2 Å². The molecule has 0 radical (unpaired) electrons. The number of hydrogen-bond donors (Lipinski definition) is 1. The number of Topliss-reactive ketones (excluding diaryl/α,β-unsaturated/α-hetero) is 1. The molecule has 1 aromatic carbocycles. The number of hydrogen-bond acceptors (Lipinski definition) is 3. The van der Waals surface area contributed by atoms with Crippen molar-refractivity contribution in [2.45, 2.75) is 69.8 Å². The third kappa shape index (κ3) is 1.88. The van der Waals surface area contributed by atoms with Crippen molar-refractivity contribution < 1.29 is 14.6 Å². The Hall–Kier alpha value is -1.35. The van der Waals surface area contributed by atoms with Gasteiger partial charge >= 0.3 is 0 Å². The fraction of sp³-hybridized carbons (Fsp3) is 0.632. The van der Waals surface area contributed by atoms with E-state index in [9.17, 15) is 9.90 Å². The van der Waals surface area contributed by atoms with Crippen molar-refractivity contribution >= 4 is 5.78 Å². The molecular weight excluding hydrogens is 276 g/mol. The fourth-order valence-corrected chi connectivity index (χ4v) is 4.51. The minimum Gasteiger partial charge on any atom is -0.496 e. The summed E-state index contributed by atoms with van der Waals surface area (Å²) < 4.78 is 5.72. The summed E-state index contributed by atoms with van der Waals surface area (Å²) in [5.74, 6) is 1.36. The molecule has 0 aromatic heterocycles. The second-order valence-electron chi connectivity index (χ2n) is 7.34. The Balaban J connectivity index is 2.21. The number of ether oxygens (including phenoxy) is 1. The van der Waals surface area contributed by atoms with E-state index in [2.05, 4.69) is 32.9 Å². The van der Waals surface area contributed by atoms with Crippen LogP contribution in [0.1, 0.15) is 69.1 Å². The van der Waals surface area contributed by atoms with E-state index in [-0.39, 0.29) is 5.78 Å². The van der Waals surface area contributed by atoms with Gasteiger partial charge in [0, 0.05) is 11.8 Å². The van der Waals surface area contributed by atoms with E-state index in [0.29, 0.717) is 25.2 Å². The molecule has 120 valence electrons. The van der Waals surface area contributed by atoms with Crippen LogP contribution >= 0.6 is 0 Å². The molecular formula is C19H26O3. The SMILES string of the molecule is COc1c(C(C)C)ccc2c1CC[C@]1(O)C(=O)CCC[C@]21C. The highest BCUT2D eigenvalue weighted by Crippen LogP contribution is 2.53. The van der Waals surface area contributed by atoms with Gasteiger partial charge in [0.2, 0.25) is 0 Å². The van der Waals surface area contributed by atoms with Crippen molar-refractivity contribution in [3.63, 3.8) is 0 Å². The van der Waals surface area contributed by atoms with Crippen LogP contribution in [0.2, 0.25) is 0 Å². The molecule has 3 nitrogen and oxygen atoms in total. The normalized spacial score (nSPS) is 30.9. The Labute approximate surface area is 132 Å². The maximum absolute atomic E-state index is 12.4. The molecule has 0 unspecified atom stereocenters. The molecule has 1 saturated carbocycles. The largest absolute Gasteiger partial charge is 0.496 e. The van der Waals surface area contributed by atoms with Gasteiger partial charge in [0.15, 0.2) is 5.78 Å². The molecule has 3 heteroatoms. The van der Waals surface area contributed by atoms with Gasteiger partial charge in [0.1, 0.15) is 11.4 Å². The summed E-state index contributed by atoms with van der Waals surface area (Å²) in [7, 11) is 1.72. The van der Waals surface area contributed by atoms with Crippen molar-refractivity contribution in [2.75, 3.05) is 7.11 Å². The van der Waals surface area contributed by atoms with Gasteiger partial charge in [-0.3, -0.25) is 4.79 Å². The first-order chi connectivity index (χ1) is 10.3. The highest BCUT2D eigenvalue weighted by molar-refractivity contribution is 5.90. The number of methoxy groups -OCH3 is 1. The highest BCUT2D eigenvalue weighted by atomic mass is 16.5. The molecule has 0 bridgehead atoms. The first kappa shape index (κ1) is 15.5. The zero-order valence-corrected chi connectivity index (χ0v) is 14.0. The Morgan fingerprint density at radius 2 is 1.95 bits per heavy atom. The van der Waals surface area contributed by atoms with Crippen molar-refractivity contribution in [2.24, 2.45) is 0 Å². The summed E-state index contributed by atoms with van der Waals surface area (Å²) in [4.78, 5) is 12.4. The predicted molar refractivity (Wildman–Crippen MR) is 86.6 cm³/mol. The minimum absolute atomic E-state index is 0.0128. The van der Waals surface area contributed by atoms with E-state index in [1.165, 1.54) is 11.1 Å². The first-order valence-electron chi connectivity index (χ1n) is 8.31. The van der Waals surface area contributed by atoms with Gasteiger partial charge in [-0.2, -0.15) is 0 Å². The minimum atomic E-state index is -1.21. The van der Waals surface area contributed by atoms with E-state index >= 15 is 0 Å². The lowest BCUT2D eigenvalue weighted by molar-refractivity contribution is -0.153. The van der Waals surface area contributed by atoms with Crippen molar-refractivity contribution in [1.82, 2.24) is 0 Å². The molecule has 22 heavy (non-hydrogen) atoms. The van der Waals surface area contributed by atoms with Gasteiger partial charge in [-0.1, -0.05) is 32.9 Å². The summed E-state index contributed by atoms with van der Waals surface area (Å²) in [6.07, 6.45) is 3.42. The van der Waals surface area contributed by atoms with Crippen LogP contribution in [-0.4, -0.2) is 23.6 Å². The van der Waals surface area contributed by atoms with Crippen LogP contribution in [0.3, 0.4) is 0 Å². The highest BCUT2D eigenvalue weighted by Gasteiger charge is 2.57. The van der Waals surface area contributed by atoms with Gasteiger partial charge in [-0.25, -0.2) is 0 Å². The molecule has 0 aliphatic heterocycles. The number of benzene rings is 1. The molecule has 0 saturated heterocycles. The zero-order valence-electron chi connectivity index (χ0n) is 14.0. The summed E-state index contributed by atoms with van der Waals surface area (Å²) >= 11 is 0. The van der Waals surface area contributed by atoms with Crippen LogP contribution < -0.4 is 4.74 Å². The van der Waals surface area contributed by atoms with Crippen LogP contribution in [0.15, 0.2) is 12.1 Å². The number of carbonyl (C=O) groups excluding carboxylic acids is 1. The monoisotopic (exact) mass is 302 g/mol. The molecule has 0 heterocycles. The van der Waals surface area contributed by atoms with Gasteiger partial charge in [-0.15, -0.1) is 0 Å². The molecule has 0 spiro atoms. The lowest BCUT2D eigenvalue weighted by atomic mass is 9.54. The van der Waals surface area contributed by atoms with Gasteiger partial charge in [-0.05, 0) is 48.3 Å². The van der Waals surface area contributed by atoms with Crippen molar-refractivity contribution in [3.8, 4) is 5.75 Å². The molecule has 2 aliphatic rings. The first-order valence-corrected chi connectivity index (χ1v) is 8.31. The van der Waals surface area contributed by atoms with Crippen molar-refractivity contribution in [1.29, 1.82) is 0 Å². The summed E-state index contributed by atoms with van der Waals surface area (Å²) in [5.41, 5.74) is 1.81. The third-order valence-corrected chi connectivity index (χ3v) is 5.90. The average Bonchev–Trinajstić information content (AvgIpc) is 2.48. The van der Waals surface area contributed by atoms with E-state index in [1.54, 1.807) is 7.11 Å². The van der Waals surface area contributed by atoms with Crippen LogP contribution in [0.4, 0.5) is 0 Å². The van der Waals surface area contributed by atoms with Crippen LogP contribution in [0.25, 0.3) is 0 Å². The second-order valence-corrected chi connectivity index (χ2v) is 7.34. The fourth-order valence-electron chi connectivity index (χ4n) is 4.51. The Morgan fingerprint density at radius 3 is 2.59 bits per heavy atom. The maximum Gasteiger partial charge on any atom is 0.165 e. The topological polar surface area (TPSA) is 46.5 Å². The lowest BCUT2D eigenvalue weighted by Crippen LogP contribution is -2.60. The molecule has 0 amide bonds. The Morgan fingerprint density at radius 1 is 1.23 bits per heavy atom. The van der Waals surface area contributed by atoms with Crippen LogP contribution in [0, 0.1) is 0 Å². The standard InChI is InChI=1S/C19H26O3/c1-12(2)13-7-8-15-14(17(13)22-4)9-11-19(21)16(20)6-5-10-18(15,19)3/h7-8,12,21H,5-6,9-11H2,1-4H3/t18-,19+/m1/s1. The third-order valence-electron chi connectivity index (χ3n) is 5.90. The second kappa shape index (κ2) is 5.09. The number of ketones is 1. The Kier molecular flexibility index (Phi) is 3.59. The van der Waals surface area contributed by atoms with E-state index < -0.39 is 11.0 Å². The molecule has 3 rings (SSSR count). The predicted octanol–water partition coefficient (Wildman–Crippen LogP) is 3.51. The lowest BCUT2D eigenvalue weighted by Gasteiger charge is -2.51. The summed E-state index contributed by atoms with van der Waals surface area (Å²) in [6, 6.07) is 4.23. The van der Waals surface area contributed by atoms with E-state index in [1.807, 2.05) is 0 Å². The van der Waals surface area contributed by atoms with Gasteiger partial charge in [0.25, 0.3) is 0 Å². The quantitative estimate of drug-likeness (QED) is 0.909. The maximum atomic E-state index is 12.4. The van der Waals surface area contributed by atoms with E-state index in [4.69, 9.17) is 4.74 Å². The number of aliphatic hydroxyl groups is 1. The zero-order chi connectivity index (χ0) is 16.1. The summed E-state index contributed by atoms with van der Waals surface area (Å²) in [6.45, 7) is 6.38. The molecule has 1 aromatic rings.